The summed E-state index contributed by atoms with van der Waals surface area (Å²) in [4.78, 5) is 7.21. The number of hydrogen-bond donors (Lipinski definition) is 0. The Bertz CT molecular complexity index is 2070. The fourth-order valence-electron chi connectivity index (χ4n) is 5.99. The smallest absolute Gasteiger partial charge is 0.227 e. The van der Waals surface area contributed by atoms with Gasteiger partial charge in [-0.1, -0.05) is 84.9 Å². The normalized spacial score (nSPS) is 12.5. The van der Waals surface area contributed by atoms with E-state index in [0.29, 0.717) is 5.89 Å². The van der Waals surface area contributed by atoms with Gasteiger partial charge in [-0.2, -0.15) is 0 Å². The molecule has 3 nitrogen and oxygen atoms in total. The van der Waals surface area contributed by atoms with Gasteiger partial charge >= 0.3 is 0 Å². The molecule has 0 atom stereocenters. The zero-order valence-electron chi connectivity index (χ0n) is 23.1. The van der Waals surface area contributed by atoms with Crippen molar-refractivity contribution in [3.63, 3.8) is 0 Å². The minimum Gasteiger partial charge on any atom is -0.436 e. The van der Waals surface area contributed by atoms with Crippen LogP contribution in [-0.4, -0.2) is 4.98 Å². The van der Waals surface area contributed by atoms with E-state index < -0.39 is 0 Å². The predicted octanol–water partition coefficient (Wildman–Crippen LogP) is 10.7. The van der Waals surface area contributed by atoms with Crippen LogP contribution in [0.25, 0.3) is 50.5 Å². The Morgan fingerprint density at radius 3 is 2.02 bits per heavy atom. The lowest BCUT2D eigenvalue weighted by molar-refractivity contribution is 0.620. The quantitative estimate of drug-likeness (QED) is 0.217. The molecule has 0 amide bonds. The molecule has 7 aromatic rings. The molecule has 0 spiro atoms. The molecule has 1 aliphatic rings. The first-order chi connectivity index (χ1) is 20.8. The third kappa shape index (κ3) is 4.36. The molecule has 8 rings (SSSR count). The SMILES string of the molecule is C1=Cc2ccc3oc(-c4ccc(N(c5ccccc5)c5ccc(-c6ccc7ccccc7c6)cc5)cc4)nc3c2CC1. The molecule has 3 heteroatoms. The molecule has 0 N–H and O–H groups in total. The van der Waals surface area contributed by atoms with Crippen molar-refractivity contribution in [2.75, 3.05) is 4.90 Å². The number of fused-ring (bicyclic) bond motifs is 4. The van der Waals surface area contributed by atoms with Gasteiger partial charge in [0, 0.05) is 22.6 Å². The monoisotopic (exact) mass is 540 g/mol. The lowest BCUT2D eigenvalue weighted by Gasteiger charge is -2.25. The summed E-state index contributed by atoms with van der Waals surface area (Å²) in [7, 11) is 0. The highest BCUT2D eigenvalue weighted by Crippen LogP contribution is 2.37. The summed E-state index contributed by atoms with van der Waals surface area (Å²) in [5, 5.41) is 2.51. The van der Waals surface area contributed by atoms with Crippen molar-refractivity contribution in [3.8, 4) is 22.6 Å². The minimum absolute atomic E-state index is 0.658. The molecule has 0 saturated carbocycles. The number of anilines is 3. The molecule has 0 saturated heterocycles. The number of para-hydroxylation sites is 1. The Balaban J connectivity index is 1.14. The second-order valence-electron chi connectivity index (χ2n) is 10.8. The van der Waals surface area contributed by atoms with Gasteiger partial charge < -0.3 is 9.32 Å². The number of rotatable bonds is 5. The summed E-state index contributed by atoms with van der Waals surface area (Å²) in [5.41, 5.74) is 11.0. The van der Waals surface area contributed by atoms with E-state index in [1.54, 1.807) is 0 Å². The number of oxazole rings is 1. The van der Waals surface area contributed by atoms with E-state index in [1.807, 2.05) is 6.07 Å². The highest BCUT2D eigenvalue weighted by Gasteiger charge is 2.17. The Labute approximate surface area is 245 Å². The molecule has 0 fully saturated rings. The number of aryl methyl sites for hydroxylation is 1. The van der Waals surface area contributed by atoms with E-state index in [0.717, 1.165) is 46.6 Å². The zero-order valence-corrected chi connectivity index (χ0v) is 23.1. The zero-order chi connectivity index (χ0) is 27.9. The van der Waals surface area contributed by atoms with Gasteiger partial charge in [0.2, 0.25) is 5.89 Å². The maximum atomic E-state index is 6.22. The summed E-state index contributed by atoms with van der Waals surface area (Å²) in [6.07, 6.45) is 6.46. The second-order valence-corrected chi connectivity index (χ2v) is 10.8. The van der Waals surface area contributed by atoms with Crippen molar-refractivity contribution in [2.45, 2.75) is 12.8 Å². The topological polar surface area (TPSA) is 29.3 Å². The summed E-state index contributed by atoms with van der Waals surface area (Å²) in [6.45, 7) is 0. The average molecular weight is 541 g/mol. The molecule has 0 unspecified atom stereocenters. The highest BCUT2D eigenvalue weighted by molar-refractivity contribution is 5.88. The van der Waals surface area contributed by atoms with Gasteiger partial charge in [-0.05, 0) is 107 Å². The third-order valence-corrected chi connectivity index (χ3v) is 8.16. The summed E-state index contributed by atoms with van der Waals surface area (Å²) in [6, 6.07) is 47.1. The maximum Gasteiger partial charge on any atom is 0.227 e. The average Bonchev–Trinajstić information content (AvgIpc) is 3.51. The van der Waals surface area contributed by atoms with E-state index in [1.165, 1.54) is 33.0 Å². The van der Waals surface area contributed by atoms with Crippen molar-refractivity contribution < 1.29 is 4.42 Å². The second kappa shape index (κ2) is 10.2. The number of allylic oxidation sites excluding steroid dienone is 1. The lowest BCUT2D eigenvalue weighted by Crippen LogP contribution is -2.09. The van der Waals surface area contributed by atoms with E-state index in [4.69, 9.17) is 9.40 Å². The molecular formula is C39H28N2O. The highest BCUT2D eigenvalue weighted by atomic mass is 16.3. The van der Waals surface area contributed by atoms with Gasteiger partial charge in [0.15, 0.2) is 5.58 Å². The Morgan fingerprint density at radius 2 is 1.24 bits per heavy atom. The van der Waals surface area contributed by atoms with E-state index in [2.05, 4.69) is 144 Å². The lowest BCUT2D eigenvalue weighted by atomic mass is 9.96. The van der Waals surface area contributed by atoms with Gasteiger partial charge in [0.1, 0.15) is 5.52 Å². The molecule has 0 bridgehead atoms. The van der Waals surface area contributed by atoms with Crippen LogP contribution in [0.4, 0.5) is 17.1 Å². The summed E-state index contributed by atoms with van der Waals surface area (Å²) in [5.74, 6) is 0.658. The van der Waals surface area contributed by atoms with Crippen LogP contribution in [0.3, 0.4) is 0 Å². The first kappa shape index (κ1) is 24.4. The van der Waals surface area contributed by atoms with Crippen LogP contribution in [0.2, 0.25) is 0 Å². The molecule has 42 heavy (non-hydrogen) atoms. The van der Waals surface area contributed by atoms with Gasteiger partial charge in [-0.15, -0.1) is 0 Å². The maximum absolute atomic E-state index is 6.22. The molecular weight excluding hydrogens is 512 g/mol. The van der Waals surface area contributed by atoms with E-state index in [9.17, 15) is 0 Å². The van der Waals surface area contributed by atoms with Gasteiger partial charge in [-0.25, -0.2) is 4.98 Å². The van der Waals surface area contributed by atoms with Crippen molar-refractivity contribution in [1.82, 2.24) is 4.98 Å². The first-order valence-electron chi connectivity index (χ1n) is 14.4. The van der Waals surface area contributed by atoms with Crippen LogP contribution in [0.5, 0.6) is 0 Å². The Morgan fingerprint density at radius 1 is 0.571 bits per heavy atom. The van der Waals surface area contributed by atoms with Crippen LogP contribution in [-0.2, 0) is 6.42 Å². The van der Waals surface area contributed by atoms with Crippen molar-refractivity contribution in [2.24, 2.45) is 0 Å². The van der Waals surface area contributed by atoms with Crippen LogP contribution < -0.4 is 4.90 Å². The van der Waals surface area contributed by atoms with Crippen molar-refractivity contribution in [3.05, 3.63) is 151 Å². The first-order valence-corrected chi connectivity index (χ1v) is 14.4. The number of benzene rings is 6. The van der Waals surface area contributed by atoms with Crippen LogP contribution in [0, 0.1) is 0 Å². The van der Waals surface area contributed by atoms with Crippen molar-refractivity contribution in [1.29, 1.82) is 0 Å². The van der Waals surface area contributed by atoms with Gasteiger partial charge in [0.25, 0.3) is 0 Å². The Hall–Kier alpha value is -5.41. The molecule has 1 aromatic heterocycles. The van der Waals surface area contributed by atoms with Crippen LogP contribution >= 0.6 is 0 Å². The summed E-state index contributed by atoms with van der Waals surface area (Å²) >= 11 is 0. The Kier molecular flexibility index (Phi) is 5.93. The fourth-order valence-corrected chi connectivity index (χ4v) is 5.99. The molecule has 1 heterocycles. The third-order valence-electron chi connectivity index (χ3n) is 8.16. The van der Waals surface area contributed by atoms with Gasteiger partial charge in [0.05, 0.1) is 0 Å². The molecule has 0 radical (unpaired) electrons. The molecule has 0 aliphatic heterocycles. The molecule has 1 aliphatic carbocycles. The van der Waals surface area contributed by atoms with E-state index in [-0.39, 0.29) is 0 Å². The standard InChI is InChI=1S/C39H28N2O/c1-2-11-33(12-3-1)41(34-21-16-28(17-22-34)32-15-14-27-8-4-5-10-31(27)26-32)35-23-18-30(19-24-35)39-40-38-36-13-7-6-9-29(36)20-25-37(38)42-39/h1-6,8-12,14-26H,7,13H2. The number of nitrogens with zero attached hydrogens (tertiary/aromatic N) is 2. The van der Waals surface area contributed by atoms with Gasteiger partial charge in [-0.3, -0.25) is 0 Å². The van der Waals surface area contributed by atoms with Crippen LogP contribution in [0.1, 0.15) is 17.5 Å². The summed E-state index contributed by atoms with van der Waals surface area (Å²) < 4.78 is 6.22. The predicted molar refractivity (Wildman–Crippen MR) is 174 cm³/mol. The molecule has 200 valence electrons. The number of hydrogen-bond acceptors (Lipinski definition) is 3. The van der Waals surface area contributed by atoms with Crippen molar-refractivity contribution >= 4 is 45.0 Å². The van der Waals surface area contributed by atoms with Crippen LogP contribution in [0.15, 0.2) is 144 Å². The molecule has 6 aromatic carbocycles. The van der Waals surface area contributed by atoms with E-state index >= 15 is 0 Å². The minimum atomic E-state index is 0.658. The fraction of sp³-hybridized carbons (Fsp3) is 0.0513. The largest absolute Gasteiger partial charge is 0.436 e. The number of aromatic nitrogens is 1.